The number of benzene rings is 2. The van der Waals surface area contributed by atoms with Crippen LogP contribution in [0.25, 0.3) is 0 Å². The average Bonchev–Trinajstić information content (AvgIpc) is 2.37. The molecular formula is C14H14N2O2. The first kappa shape index (κ1) is 12.0. The summed E-state index contributed by atoms with van der Waals surface area (Å²) >= 11 is 0. The minimum Gasteiger partial charge on any atom is -0.508 e. The number of phenolic OH excluding ortho intramolecular Hbond substituents is 1. The van der Waals surface area contributed by atoms with Crippen LogP contribution in [0.2, 0.25) is 0 Å². The first-order valence-electron chi connectivity index (χ1n) is 5.57. The van der Waals surface area contributed by atoms with Gasteiger partial charge in [-0.2, -0.15) is 0 Å². The van der Waals surface area contributed by atoms with E-state index in [0.717, 1.165) is 5.56 Å². The molecule has 0 unspecified atom stereocenters. The van der Waals surface area contributed by atoms with Crippen molar-refractivity contribution < 1.29 is 9.90 Å². The number of amides is 1. The summed E-state index contributed by atoms with van der Waals surface area (Å²) in [6, 6.07) is 13.5. The van der Waals surface area contributed by atoms with Gasteiger partial charge in [-0.25, -0.2) is 0 Å². The molecule has 0 saturated carbocycles. The van der Waals surface area contributed by atoms with Gasteiger partial charge in [0.05, 0.1) is 0 Å². The van der Waals surface area contributed by atoms with Crippen LogP contribution in [0.4, 0.5) is 5.69 Å². The minimum absolute atomic E-state index is 0.141. The third-order valence-electron chi connectivity index (χ3n) is 2.53. The number of nitrogens with one attached hydrogen (secondary N) is 1. The molecule has 2 aromatic carbocycles. The van der Waals surface area contributed by atoms with Crippen LogP contribution in [-0.4, -0.2) is 11.0 Å². The standard InChI is InChI=1S/C14H14N2O2/c15-12-3-1-2-10(8-12)9-16-14(18)11-4-6-13(17)7-5-11/h1-8,17H,9,15H2,(H,16,18). The van der Waals surface area contributed by atoms with Crippen LogP contribution >= 0.6 is 0 Å². The lowest BCUT2D eigenvalue weighted by atomic mass is 10.1. The quantitative estimate of drug-likeness (QED) is 0.719. The lowest BCUT2D eigenvalue weighted by molar-refractivity contribution is 0.0951. The van der Waals surface area contributed by atoms with Crippen molar-refractivity contribution in [1.82, 2.24) is 5.32 Å². The highest BCUT2D eigenvalue weighted by atomic mass is 16.3. The molecule has 0 aliphatic carbocycles. The maximum absolute atomic E-state index is 11.8. The minimum atomic E-state index is -0.183. The second-order valence-electron chi connectivity index (χ2n) is 3.97. The lowest BCUT2D eigenvalue weighted by Gasteiger charge is -2.06. The monoisotopic (exact) mass is 242 g/mol. The van der Waals surface area contributed by atoms with Crippen LogP contribution in [0.1, 0.15) is 15.9 Å². The molecule has 1 amide bonds. The predicted molar refractivity (Wildman–Crippen MR) is 70.1 cm³/mol. The third kappa shape index (κ3) is 3.01. The fourth-order valence-electron chi connectivity index (χ4n) is 1.60. The summed E-state index contributed by atoms with van der Waals surface area (Å²) in [5.74, 6) is -0.0418. The zero-order valence-electron chi connectivity index (χ0n) is 9.76. The Bertz CT molecular complexity index is 550. The van der Waals surface area contributed by atoms with Gasteiger partial charge >= 0.3 is 0 Å². The Labute approximate surface area is 105 Å². The van der Waals surface area contributed by atoms with E-state index in [0.29, 0.717) is 17.8 Å². The zero-order chi connectivity index (χ0) is 13.0. The average molecular weight is 242 g/mol. The van der Waals surface area contributed by atoms with E-state index in [9.17, 15) is 4.79 Å². The molecule has 0 aromatic heterocycles. The molecule has 92 valence electrons. The van der Waals surface area contributed by atoms with Gasteiger partial charge < -0.3 is 16.2 Å². The molecule has 0 radical (unpaired) electrons. The summed E-state index contributed by atoms with van der Waals surface area (Å²) in [5.41, 5.74) is 7.78. The first-order valence-corrected chi connectivity index (χ1v) is 5.57. The Kier molecular flexibility index (Phi) is 3.48. The molecule has 0 saturated heterocycles. The maximum Gasteiger partial charge on any atom is 0.251 e. The van der Waals surface area contributed by atoms with Gasteiger partial charge in [0.2, 0.25) is 0 Å². The summed E-state index contributed by atoms with van der Waals surface area (Å²) in [4.78, 5) is 11.8. The lowest BCUT2D eigenvalue weighted by Crippen LogP contribution is -2.22. The number of nitrogen functional groups attached to an aromatic ring is 1. The van der Waals surface area contributed by atoms with Crippen molar-refractivity contribution in [3.8, 4) is 5.75 Å². The molecule has 0 atom stereocenters. The number of carbonyl (C=O) groups is 1. The van der Waals surface area contributed by atoms with E-state index in [1.165, 1.54) is 12.1 Å². The van der Waals surface area contributed by atoms with Crippen molar-refractivity contribution in [2.45, 2.75) is 6.54 Å². The maximum atomic E-state index is 11.8. The molecule has 4 heteroatoms. The van der Waals surface area contributed by atoms with Gasteiger partial charge in [-0.05, 0) is 42.0 Å². The van der Waals surface area contributed by atoms with Gasteiger partial charge in [0, 0.05) is 17.8 Å². The fraction of sp³-hybridized carbons (Fsp3) is 0.0714. The number of hydrogen-bond acceptors (Lipinski definition) is 3. The molecule has 0 aliphatic rings. The molecule has 0 spiro atoms. The van der Waals surface area contributed by atoms with Crippen LogP contribution in [0.3, 0.4) is 0 Å². The van der Waals surface area contributed by atoms with Gasteiger partial charge in [0.25, 0.3) is 5.91 Å². The van der Waals surface area contributed by atoms with E-state index < -0.39 is 0 Å². The Balaban J connectivity index is 1.98. The molecule has 0 heterocycles. The molecule has 4 nitrogen and oxygen atoms in total. The highest BCUT2D eigenvalue weighted by Gasteiger charge is 2.04. The normalized spacial score (nSPS) is 10.0. The first-order chi connectivity index (χ1) is 8.65. The van der Waals surface area contributed by atoms with Crippen molar-refractivity contribution in [1.29, 1.82) is 0 Å². The molecule has 18 heavy (non-hydrogen) atoms. The molecule has 0 fully saturated rings. The van der Waals surface area contributed by atoms with Crippen LogP contribution < -0.4 is 11.1 Å². The second-order valence-corrected chi connectivity index (χ2v) is 3.97. The summed E-state index contributed by atoms with van der Waals surface area (Å²) in [5, 5.41) is 11.9. The smallest absolute Gasteiger partial charge is 0.251 e. The molecular weight excluding hydrogens is 228 g/mol. The largest absolute Gasteiger partial charge is 0.508 e. The Morgan fingerprint density at radius 3 is 2.56 bits per heavy atom. The number of nitrogens with two attached hydrogens (primary N) is 1. The third-order valence-corrected chi connectivity index (χ3v) is 2.53. The van der Waals surface area contributed by atoms with E-state index in [4.69, 9.17) is 10.8 Å². The topological polar surface area (TPSA) is 75.3 Å². The zero-order valence-corrected chi connectivity index (χ0v) is 9.76. The highest BCUT2D eigenvalue weighted by molar-refractivity contribution is 5.94. The highest BCUT2D eigenvalue weighted by Crippen LogP contribution is 2.10. The van der Waals surface area contributed by atoms with Crippen molar-refractivity contribution in [3.63, 3.8) is 0 Å². The van der Waals surface area contributed by atoms with Crippen LogP contribution in [-0.2, 0) is 6.54 Å². The van der Waals surface area contributed by atoms with E-state index in [-0.39, 0.29) is 11.7 Å². The Morgan fingerprint density at radius 2 is 1.89 bits per heavy atom. The summed E-state index contributed by atoms with van der Waals surface area (Å²) in [7, 11) is 0. The van der Waals surface area contributed by atoms with Crippen LogP contribution in [0, 0.1) is 0 Å². The predicted octanol–water partition coefficient (Wildman–Crippen LogP) is 1.90. The van der Waals surface area contributed by atoms with E-state index >= 15 is 0 Å². The van der Waals surface area contributed by atoms with Crippen LogP contribution in [0.5, 0.6) is 5.75 Å². The fourth-order valence-corrected chi connectivity index (χ4v) is 1.60. The molecule has 2 aromatic rings. The van der Waals surface area contributed by atoms with E-state index in [1.54, 1.807) is 18.2 Å². The molecule has 4 N–H and O–H groups in total. The number of carbonyl (C=O) groups excluding carboxylic acids is 1. The van der Waals surface area contributed by atoms with Crippen molar-refractivity contribution in [3.05, 3.63) is 59.7 Å². The number of phenols is 1. The number of rotatable bonds is 3. The van der Waals surface area contributed by atoms with Crippen molar-refractivity contribution >= 4 is 11.6 Å². The van der Waals surface area contributed by atoms with Gasteiger partial charge in [0.15, 0.2) is 0 Å². The van der Waals surface area contributed by atoms with Crippen molar-refractivity contribution in [2.75, 3.05) is 5.73 Å². The number of anilines is 1. The van der Waals surface area contributed by atoms with E-state index in [2.05, 4.69) is 5.32 Å². The van der Waals surface area contributed by atoms with Crippen molar-refractivity contribution in [2.24, 2.45) is 0 Å². The number of hydrogen-bond donors (Lipinski definition) is 3. The molecule has 0 aliphatic heterocycles. The summed E-state index contributed by atoms with van der Waals surface area (Å²) in [6.07, 6.45) is 0. The summed E-state index contributed by atoms with van der Waals surface area (Å²) < 4.78 is 0. The number of aromatic hydroxyl groups is 1. The van der Waals surface area contributed by atoms with Gasteiger partial charge in [-0.1, -0.05) is 12.1 Å². The van der Waals surface area contributed by atoms with E-state index in [1.807, 2.05) is 18.2 Å². The van der Waals surface area contributed by atoms with Gasteiger partial charge in [-0.15, -0.1) is 0 Å². The summed E-state index contributed by atoms with van der Waals surface area (Å²) in [6.45, 7) is 0.421. The second kappa shape index (κ2) is 5.23. The Morgan fingerprint density at radius 1 is 1.17 bits per heavy atom. The van der Waals surface area contributed by atoms with Gasteiger partial charge in [0.1, 0.15) is 5.75 Å². The van der Waals surface area contributed by atoms with Gasteiger partial charge in [-0.3, -0.25) is 4.79 Å². The Hall–Kier alpha value is -2.49. The SMILES string of the molecule is Nc1cccc(CNC(=O)c2ccc(O)cc2)c1. The van der Waals surface area contributed by atoms with Crippen LogP contribution in [0.15, 0.2) is 48.5 Å². The molecule has 2 rings (SSSR count). The molecule has 0 bridgehead atoms.